The summed E-state index contributed by atoms with van der Waals surface area (Å²) in [4.78, 5) is 40.9. The zero-order chi connectivity index (χ0) is 26.5. The normalized spacial score (nSPS) is 14.2. The third-order valence-corrected chi connectivity index (χ3v) is 7.07. The molecule has 0 unspecified atom stereocenters. The van der Waals surface area contributed by atoms with Crippen LogP contribution < -0.4 is 26.4 Å². The molecule has 194 valence electrons. The molecule has 10 nitrogen and oxygen atoms in total. The molecule has 4 rings (SSSR count). The molecule has 0 bridgehead atoms. The Morgan fingerprint density at radius 3 is 2.35 bits per heavy atom. The number of phenolic OH excluding ortho intramolecular Hbond substituents is 1. The van der Waals surface area contributed by atoms with Gasteiger partial charge in [0.1, 0.15) is 22.4 Å². The molecule has 3 aromatic rings. The lowest BCUT2D eigenvalue weighted by Crippen LogP contribution is -2.46. The van der Waals surface area contributed by atoms with E-state index in [0.29, 0.717) is 23.6 Å². The first-order valence-electron chi connectivity index (χ1n) is 12.0. The van der Waals surface area contributed by atoms with Gasteiger partial charge in [-0.2, -0.15) is 4.37 Å². The lowest BCUT2D eigenvalue weighted by Gasteiger charge is -2.32. The average molecular weight is 524 g/mol. The van der Waals surface area contributed by atoms with Gasteiger partial charge in [0.2, 0.25) is 5.91 Å². The topological polar surface area (TPSA) is 161 Å². The van der Waals surface area contributed by atoms with Crippen LogP contribution in [0.1, 0.15) is 64.4 Å². The molecule has 6 N–H and O–H groups in total. The second-order valence-corrected chi connectivity index (χ2v) is 9.50. The predicted molar refractivity (Wildman–Crippen MR) is 141 cm³/mol. The van der Waals surface area contributed by atoms with Gasteiger partial charge in [0.15, 0.2) is 5.69 Å². The average Bonchev–Trinajstić information content (AvgIpc) is 3.53. The zero-order valence-corrected chi connectivity index (χ0v) is 21.2. The summed E-state index contributed by atoms with van der Waals surface area (Å²) in [6.07, 6.45) is 3.75. The maximum absolute atomic E-state index is 14.0. The molecule has 1 aliphatic rings. The van der Waals surface area contributed by atoms with E-state index in [9.17, 15) is 19.5 Å². The van der Waals surface area contributed by atoms with Gasteiger partial charge < -0.3 is 26.6 Å². The van der Waals surface area contributed by atoms with E-state index in [-0.39, 0.29) is 34.0 Å². The Morgan fingerprint density at radius 2 is 1.78 bits per heavy atom. The summed E-state index contributed by atoms with van der Waals surface area (Å²) in [5, 5.41) is 12.9. The molecule has 1 fully saturated rings. The van der Waals surface area contributed by atoms with E-state index in [4.69, 9.17) is 16.2 Å². The van der Waals surface area contributed by atoms with E-state index < -0.39 is 17.9 Å². The molecule has 1 saturated carbocycles. The van der Waals surface area contributed by atoms with Crippen LogP contribution in [0.4, 0.5) is 11.4 Å². The number of phenols is 1. The highest BCUT2D eigenvalue weighted by molar-refractivity contribution is 7.09. The van der Waals surface area contributed by atoms with E-state index in [1.54, 1.807) is 36.4 Å². The van der Waals surface area contributed by atoms with Crippen molar-refractivity contribution in [2.75, 3.05) is 17.2 Å². The minimum atomic E-state index is -1.11. The van der Waals surface area contributed by atoms with Gasteiger partial charge in [-0.05, 0) is 73.3 Å². The number of amides is 3. The molecule has 0 saturated heterocycles. The number of aromatic nitrogens is 1. The number of ether oxygens (including phenoxy) is 1. The SMILES string of the molecule is CCOc1ccc(N(C(=O)c2snc(C(N)=O)c2N)[C@@H](C(=O)NC2CCCC2)c2ccc(O)cc2)cc1. The molecule has 2 aromatic carbocycles. The van der Waals surface area contributed by atoms with Crippen molar-refractivity contribution >= 4 is 40.6 Å². The van der Waals surface area contributed by atoms with Crippen molar-refractivity contribution in [1.82, 2.24) is 9.69 Å². The molecular formula is C26H29N5O5S. The third-order valence-electron chi connectivity index (χ3n) is 6.22. The van der Waals surface area contributed by atoms with Gasteiger partial charge in [-0.3, -0.25) is 19.3 Å². The van der Waals surface area contributed by atoms with Gasteiger partial charge in [0.25, 0.3) is 11.8 Å². The van der Waals surface area contributed by atoms with Crippen molar-refractivity contribution in [2.24, 2.45) is 5.73 Å². The first kappa shape index (κ1) is 26.0. The first-order valence-corrected chi connectivity index (χ1v) is 12.8. The molecule has 0 radical (unpaired) electrons. The van der Waals surface area contributed by atoms with Crippen molar-refractivity contribution in [1.29, 1.82) is 0 Å². The molecule has 11 heteroatoms. The number of carbonyl (C=O) groups excluding carboxylic acids is 3. The highest BCUT2D eigenvalue weighted by Crippen LogP contribution is 2.35. The number of benzene rings is 2. The van der Waals surface area contributed by atoms with Crippen molar-refractivity contribution in [2.45, 2.75) is 44.7 Å². The molecule has 37 heavy (non-hydrogen) atoms. The number of rotatable bonds is 9. The molecule has 1 aromatic heterocycles. The van der Waals surface area contributed by atoms with Crippen LogP contribution in [0.5, 0.6) is 11.5 Å². The molecule has 0 aliphatic heterocycles. The Morgan fingerprint density at radius 1 is 1.14 bits per heavy atom. The monoisotopic (exact) mass is 523 g/mol. The zero-order valence-electron chi connectivity index (χ0n) is 20.3. The van der Waals surface area contributed by atoms with Crippen molar-refractivity contribution in [3.63, 3.8) is 0 Å². The van der Waals surface area contributed by atoms with Crippen molar-refractivity contribution in [3.8, 4) is 11.5 Å². The molecule has 0 spiro atoms. The second-order valence-electron chi connectivity index (χ2n) is 8.72. The van der Waals surface area contributed by atoms with Crippen LogP contribution in [0.25, 0.3) is 0 Å². The minimum Gasteiger partial charge on any atom is -0.508 e. The van der Waals surface area contributed by atoms with Gasteiger partial charge in [-0.15, -0.1) is 0 Å². The summed E-state index contributed by atoms with van der Waals surface area (Å²) < 4.78 is 9.50. The lowest BCUT2D eigenvalue weighted by atomic mass is 10.0. The summed E-state index contributed by atoms with van der Waals surface area (Å²) in [6, 6.07) is 11.7. The first-order chi connectivity index (χ1) is 17.8. The Bertz CT molecular complexity index is 1270. The van der Waals surface area contributed by atoms with Crippen LogP contribution in [-0.2, 0) is 4.79 Å². The van der Waals surface area contributed by atoms with E-state index in [1.165, 1.54) is 17.0 Å². The van der Waals surface area contributed by atoms with Gasteiger partial charge in [-0.1, -0.05) is 25.0 Å². The largest absolute Gasteiger partial charge is 0.508 e. The number of nitrogens with two attached hydrogens (primary N) is 2. The molecule has 1 heterocycles. The van der Waals surface area contributed by atoms with Crippen LogP contribution in [0.3, 0.4) is 0 Å². The van der Waals surface area contributed by atoms with Gasteiger partial charge in [0.05, 0.1) is 12.3 Å². The smallest absolute Gasteiger partial charge is 0.273 e. The van der Waals surface area contributed by atoms with Crippen LogP contribution in [0.2, 0.25) is 0 Å². The summed E-state index contributed by atoms with van der Waals surface area (Å²) in [5.74, 6) is -1.22. The lowest BCUT2D eigenvalue weighted by molar-refractivity contribution is -0.123. The van der Waals surface area contributed by atoms with E-state index in [2.05, 4.69) is 9.69 Å². The minimum absolute atomic E-state index is 0.000615. The van der Waals surface area contributed by atoms with Gasteiger partial charge >= 0.3 is 0 Å². The third kappa shape index (κ3) is 5.67. The Hall–Kier alpha value is -4.12. The number of primary amides is 1. The summed E-state index contributed by atoms with van der Waals surface area (Å²) in [7, 11) is 0. The van der Waals surface area contributed by atoms with E-state index in [1.807, 2.05) is 6.92 Å². The number of hydrogen-bond acceptors (Lipinski definition) is 8. The Balaban J connectivity index is 1.83. The summed E-state index contributed by atoms with van der Waals surface area (Å²) >= 11 is 0.743. The summed E-state index contributed by atoms with van der Waals surface area (Å²) in [5.41, 5.74) is 12.0. The highest BCUT2D eigenvalue weighted by atomic mass is 32.1. The van der Waals surface area contributed by atoms with Gasteiger partial charge in [-0.25, -0.2) is 0 Å². The van der Waals surface area contributed by atoms with Crippen LogP contribution >= 0.6 is 11.5 Å². The van der Waals surface area contributed by atoms with Crippen LogP contribution in [-0.4, -0.2) is 39.9 Å². The predicted octanol–water partition coefficient (Wildman–Crippen LogP) is 3.38. The Labute approximate surface area is 218 Å². The molecule has 3 amide bonds. The summed E-state index contributed by atoms with van der Waals surface area (Å²) in [6.45, 7) is 2.33. The molecular weight excluding hydrogens is 494 g/mol. The van der Waals surface area contributed by atoms with Crippen molar-refractivity contribution < 1.29 is 24.2 Å². The van der Waals surface area contributed by atoms with Crippen LogP contribution in [0.15, 0.2) is 48.5 Å². The van der Waals surface area contributed by atoms with Crippen LogP contribution in [0, 0.1) is 0 Å². The maximum Gasteiger partial charge on any atom is 0.273 e. The van der Waals surface area contributed by atoms with Crippen molar-refractivity contribution in [3.05, 3.63) is 64.7 Å². The second kappa shape index (κ2) is 11.3. The fourth-order valence-electron chi connectivity index (χ4n) is 4.42. The number of anilines is 2. The quantitative estimate of drug-likeness (QED) is 0.334. The number of nitrogens with zero attached hydrogens (tertiary/aromatic N) is 2. The molecule has 1 aliphatic carbocycles. The number of aromatic hydroxyl groups is 1. The standard InChI is InChI=1S/C26H29N5O5S/c1-2-36-19-13-9-17(10-14-19)31(26(35)23-20(27)21(24(28)33)30-37-23)22(15-7-11-18(32)12-8-15)25(34)29-16-5-3-4-6-16/h7-14,16,22,32H,2-6,27H2,1H3,(H2,28,33)(H,29,34)/t22-/m1/s1. The number of carbonyl (C=O) groups is 3. The fourth-order valence-corrected chi connectivity index (χ4v) is 5.16. The number of hydrogen-bond donors (Lipinski definition) is 4. The van der Waals surface area contributed by atoms with E-state index >= 15 is 0 Å². The fraction of sp³-hybridized carbons (Fsp3) is 0.308. The highest BCUT2D eigenvalue weighted by Gasteiger charge is 2.37. The molecule has 1 atom stereocenters. The van der Waals surface area contributed by atoms with E-state index in [0.717, 1.165) is 37.2 Å². The maximum atomic E-state index is 14.0. The number of nitrogens with one attached hydrogen (secondary N) is 1. The number of nitrogen functional groups attached to an aromatic ring is 1. The van der Waals surface area contributed by atoms with Gasteiger partial charge in [0, 0.05) is 11.7 Å². The Kier molecular flexibility index (Phi) is 7.92.